The summed E-state index contributed by atoms with van der Waals surface area (Å²) in [7, 11) is 0. The predicted molar refractivity (Wildman–Crippen MR) is 84.2 cm³/mol. The third-order valence-corrected chi connectivity index (χ3v) is 3.60. The van der Waals surface area contributed by atoms with Crippen LogP contribution >= 0.6 is 0 Å². The molecule has 0 aliphatic rings. The lowest BCUT2D eigenvalue weighted by molar-refractivity contribution is 0.0367. The highest BCUT2D eigenvalue weighted by Gasteiger charge is 2.30. The normalized spacial score (nSPS) is 13.3. The molecule has 0 bridgehead atoms. The van der Waals surface area contributed by atoms with Crippen molar-refractivity contribution in [2.45, 2.75) is 104 Å². The summed E-state index contributed by atoms with van der Waals surface area (Å²) in [5.74, 6) is 0. The molecule has 0 rings (SSSR count). The Labute approximate surface area is 116 Å². The molecule has 0 atom stereocenters. The molecule has 0 aromatic carbocycles. The van der Waals surface area contributed by atoms with Crippen LogP contribution in [0.2, 0.25) is 0 Å². The molecule has 110 valence electrons. The minimum absolute atomic E-state index is 0.278. The van der Waals surface area contributed by atoms with Crippen LogP contribution in [-0.4, -0.2) is 22.5 Å². The Morgan fingerprint density at radius 1 is 0.611 bits per heavy atom. The van der Waals surface area contributed by atoms with E-state index in [0.717, 1.165) is 0 Å². The molecule has 0 amide bonds. The van der Waals surface area contributed by atoms with Crippen molar-refractivity contribution in [1.29, 1.82) is 0 Å². The summed E-state index contributed by atoms with van der Waals surface area (Å²) in [5.41, 5.74) is 0.556. The Bertz CT molecular complexity index is 181. The number of unbranched alkanes of at least 4 members (excludes halogenated alkanes) is 6. The van der Waals surface area contributed by atoms with Crippen LogP contribution in [0, 0.1) is 0 Å². The van der Waals surface area contributed by atoms with E-state index in [0.29, 0.717) is 0 Å². The smallest absolute Gasteiger partial charge is 0.0130 e. The fourth-order valence-corrected chi connectivity index (χ4v) is 2.90. The topological polar surface area (TPSA) is 3.24 Å². The molecule has 0 heterocycles. The lowest BCUT2D eigenvalue weighted by Gasteiger charge is -2.45. The summed E-state index contributed by atoms with van der Waals surface area (Å²) in [6.45, 7) is 17.5. The maximum absolute atomic E-state index is 2.64. The molecular weight excluding hydrogens is 218 g/mol. The summed E-state index contributed by atoms with van der Waals surface area (Å²) in [6.07, 6.45) is 9.78. The van der Waals surface area contributed by atoms with Crippen molar-refractivity contribution in [3.8, 4) is 0 Å². The summed E-state index contributed by atoms with van der Waals surface area (Å²) in [5, 5.41) is 0. The quantitative estimate of drug-likeness (QED) is 0.508. The first-order valence-electron chi connectivity index (χ1n) is 7.97. The largest absolute Gasteiger partial charge is 0.294 e. The molecule has 0 aromatic rings. The number of nitrogens with zero attached hydrogens (tertiary/aromatic N) is 1. The first kappa shape index (κ1) is 18.0. The van der Waals surface area contributed by atoms with Crippen molar-refractivity contribution in [3.05, 3.63) is 0 Å². The van der Waals surface area contributed by atoms with E-state index in [1.54, 1.807) is 0 Å². The molecule has 0 unspecified atom stereocenters. The molecule has 0 aromatic heterocycles. The summed E-state index contributed by atoms with van der Waals surface area (Å²) in [6, 6.07) is 0. The first-order chi connectivity index (χ1) is 8.19. The summed E-state index contributed by atoms with van der Waals surface area (Å²) >= 11 is 0. The minimum Gasteiger partial charge on any atom is -0.294 e. The van der Waals surface area contributed by atoms with Gasteiger partial charge in [-0.05, 0) is 54.5 Å². The van der Waals surface area contributed by atoms with Crippen molar-refractivity contribution in [2.75, 3.05) is 6.54 Å². The van der Waals surface area contributed by atoms with Gasteiger partial charge < -0.3 is 0 Å². The van der Waals surface area contributed by atoms with Gasteiger partial charge in [0.2, 0.25) is 0 Å². The van der Waals surface area contributed by atoms with Crippen molar-refractivity contribution >= 4 is 0 Å². The zero-order valence-electron chi connectivity index (χ0n) is 14.1. The molecule has 0 spiro atoms. The fourth-order valence-electron chi connectivity index (χ4n) is 2.90. The lowest BCUT2D eigenvalue weighted by Crippen LogP contribution is -2.52. The minimum atomic E-state index is 0.278. The highest BCUT2D eigenvalue weighted by molar-refractivity contribution is 4.86. The van der Waals surface area contributed by atoms with Crippen LogP contribution in [0.4, 0.5) is 0 Å². The second-order valence-electron chi connectivity index (χ2n) is 7.61. The average Bonchev–Trinajstić information content (AvgIpc) is 2.18. The standard InChI is InChI=1S/C17H37N/c1-8-9-10-11-12-13-14-15-18(16(2,3)4)17(5,6)7/h8-15H2,1-7H3. The van der Waals surface area contributed by atoms with Crippen LogP contribution in [0.25, 0.3) is 0 Å². The predicted octanol–water partition coefficient (Wildman–Crippen LogP) is 5.64. The van der Waals surface area contributed by atoms with E-state index in [9.17, 15) is 0 Å². The zero-order chi connectivity index (χ0) is 14.2. The van der Waals surface area contributed by atoms with Gasteiger partial charge in [0.15, 0.2) is 0 Å². The monoisotopic (exact) mass is 255 g/mol. The van der Waals surface area contributed by atoms with Crippen LogP contribution in [0.3, 0.4) is 0 Å². The van der Waals surface area contributed by atoms with Crippen molar-refractivity contribution in [1.82, 2.24) is 4.90 Å². The highest BCUT2D eigenvalue weighted by Crippen LogP contribution is 2.25. The number of rotatable bonds is 8. The lowest BCUT2D eigenvalue weighted by atomic mass is 9.95. The average molecular weight is 255 g/mol. The molecule has 0 fully saturated rings. The second kappa shape index (κ2) is 8.19. The van der Waals surface area contributed by atoms with Gasteiger partial charge in [-0.1, -0.05) is 45.4 Å². The van der Waals surface area contributed by atoms with Crippen LogP contribution in [-0.2, 0) is 0 Å². The Morgan fingerprint density at radius 3 is 1.39 bits per heavy atom. The first-order valence-corrected chi connectivity index (χ1v) is 7.97. The van der Waals surface area contributed by atoms with E-state index < -0.39 is 0 Å². The van der Waals surface area contributed by atoms with E-state index in [1.165, 1.54) is 51.5 Å². The van der Waals surface area contributed by atoms with Gasteiger partial charge in [0.1, 0.15) is 0 Å². The number of hydrogen-bond acceptors (Lipinski definition) is 1. The van der Waals surface area contributed by atoms with Crippen LogP contribution < -0.4 is 0 Å². The van der Waals surface area contributed by atoms with Crippen LogP contribution in [0.15, 0.2) is 0 Å². The van der Waals surface area contributed by atoms with Gasteiger partial charge >= 0.3 is 0 Å². The Kier molecular flexibility index (Phi) is 8.18. The van der Waals surface area contributed by atoms with Crippen LogP contribution in [0.5, 0.6) is 0 Å². The van der Waals surface area contributed by atoms with E-state index in [1.807, 2.05) is 0 Å². The van der Waals surface area contributed by atoms with Gasteiger partial charge in [0.25, 0.3) is 0 Å². The molecule has 0 aliphatic carbocycles. The molecule has 0 saturated carbocycles. The van der Waals surface area contributed by atoms with Crippen molar-refractivity contribution in [3.63, 3.8) is 0 Å². The highest BCUT2D eigenvalue weighted by atomic mass is 15.2. The van der Waals surface area contributed by atoms with E-state index >= 15 is 0 Å². The molecule has 0 saturated heterocycles. The van der Waals surface area contributed by atoms with E-state index in [2.05, 4.69) is 53.4 Å². The van der Waals surface area contributed by atoms with Gasteiger partial charge in [0.05, 0.1) is 0 Å². The Balaban J connectivity index is 3.86. The maximum Gasteiger partial charge on any atom is 0.0130 e. The van der Waals surface area contributed by atoms with Gasteiger partial charge in [-0.2, -0.15) is 0 Å². The molecular formula is C17H37N. The molecule has 1 nitrogen and oxygen atoms in total. The van der Waals surface area contributed by atoms with E-state index in [4.69, 9.17) is 0 Å². The zero-order valence-corrected chi connectivity index (χ0v) is 14.1. The Hall–Kier alpha value is -0.0400. The van der Waals surface area contributed by atoms with Crippen LogP contribution in [0.1, 0.15) is 93.4 Å². The third kappa shape index (κ3) is 8.13. The molecule has 18 heavy (non-hydrogen) atoms. The summed E-state index contributed by atoms with van der Waals surface area (Å²) in [4.78, 5) is 2.64. The third-order valence-electron chi connectivity index (χ3n) is 3.60. The second-order valence-corrected chi connectivity index (χ2v) is 7.61. The number of hydrogen-bond donors (Lipinski definition) is 0. The maximum atomic E-state index is 2.64. The van der Waals surface area contributed by atoms with Crippen molar-refractivity contribution < 1.29 is 0 Å². The summed E-state index contributed by atoms with van der Waals surface area (Å²) < 4.78 is 0. The van der Waals surface area contributed by atoms with Crippen molar-refractivity contribution in [2.24, 2.45) is 0 Å². The van der Waals surface area contributed by atoms with Gasteiger partial charge in [0, 0.05) is 11.1 Å². The van der Waals surface area contributed by atoms with Gasteiger partial charge in [-0.25, -0.2) is 0 Å². The molecule has 0 aliphatic heterocycles. The molecule has 0 radical (unpaired) electrons. The molecule has 1 heteroatoms. The molecule has 0 N–H and O–H groups in total. The fraction of sp³-hybridized carbons (Fsp3) is 1.00. The van der Waals surface area contributed by atoms with Gasteiger partial charge in [-0.15, -0.1) is 0 Å². The SMILES string of the molecule is CCCCCCCCCN(C(C)(C)C)C(C)(C)C. The Morgan fingerprint density at radius 2 is 1.00 bits per heavy atom. The van der Waals surface area contributed by atoms with Gasteiger partial charge in [-0.3, -0.25) is 4.90 Å². The van der Waals surface area contributed by atoms with E-state index in [-0.39, 0.29) is 11.1 Å².